The molecule has 1 fully saturated rings. The van der Waals surface area contributed by atoms with E-state index < -0.39 is 65.5 Å². The third-order valence-corrected chi connectivity index (χ3v) is 3.85. The van der Waals surface area contributed by atoms with E-state index in [4.69, 9.17) is 0 Å². The van der Waals surface area contributed by atoms with Crippen LogP contribution in [-0.4, -0.2) is 80.8 Å². The molecular formula is C6H6N6O18. The molecule has 1 saturated carbocycles. The Labute approximate surface area is 157 Å². The van der Waals surface area contributed by atoms with Crippen LogP contribution in [0, 0.1) is 60.7 Å². The van der Waals surface area contributed by atoms with Gasteiger partial charge in [0.15, 0.2) is 12.2 Å². The summed E-state index contributed by atoms with van der Waals surface area (Å²) in [5, 5.41) is 89.5. The topological polar surface area (TPSA) is 347 Å². The highest BCUT2D eigenvalue weighted by molar-refractivity contribution is 5.13. The molecule has 1 aliphatic carbocycles. The molecule has 30 heavy (non-hydrogen) atoms. The van der Waals surface area contributed by atoms with Crippen LogP contribution in [0.2, 0.25) is 0 Å². The van der Waals surface area contributed by atoms with Gasteiger partial charge in [0.05, 0.1) is 14.8 Å². The van der Waals surface area contributed by atoms with E-state index in [1.165, 1.54) is 0 Å². The van der Waals surface area contributed by atoms with Crippen molar-refractivity contribution in [1.82, 2.24) is 0 Å². The van der Waals surface area contributed by atoms with E-state index in [1.807, 2.05) is 0 Å². The van der Waals surface area contributed by atoms with Gasteiger partial charge in [0.2, 0.25) is 0 Å². The van der Waals surface area contributed by atoms with Gasteiger partial charge in [-0.2, -0.15) is 0 Å². The fourth-order valence-electron chi connectivity index (χ4n) is 2.82. The summed E-state index contributed by atoms with van der Waals surface area (Å²) in [6, 6.07) is 0. The molecule has 0 saturated heterocycles. The Morgan fingerprint density at radius 1 is 0.567 bits per heavy atom. The summed E-state index contributed by atoms with van der Waals surface area (Å²) >= 11 is 0. The van der Waals surface area contributed by atoms with Gasteiger partial charge in [-0.15, -0.1) is 30.3 Å². The largest absolute Gasteiger partial charge is 0.552 e. The number of nitrogens with zero attached hydrogens (tertiary/aromatic N) is 6. The molecule has 0 heterocycles. The van der Waals surface area contributed by atoms with Crippen molar-refractivity contribution in [1.29, 1.82) is 0 Å². The number of rotatable bonds is 9. The lowest BCUT2D eigenvalue weighted by atomic mass is 9.71. The maximum atomic E-state index is 11.7. The summed E-state index contributed by atoms with van der Waals surface area (Å²) in [6.07, 6.45) is -11.0. The zero-order valence-electron chi connectivity index (χ0n) is 13.4. The lowest BCUT2D eigenvalue weighted by Gasteiger charge is -2.46. The molecule has 3 N–H and O–H groups in total. The Kier molecular flexibility index (Phi) is 5.73. The molecule has 6 atom stereocenters. The van der Waals surface area contributed by atoms with E-state index in [0.29, 0.717) is 0 Å². The number of aliphatic hydroxyl groups is 3. The molecule has 0 spiro atoms. The summed E-state index contributed by atoms with van der Waals surface area (Å²) in [4.78, 5) is 69.7. The Hall–Kier alpha value is -4.32. The predicted octanol–water partition coefficient (Wildman–Crippen LogP) is -4.37. The van der Waals surface area contributed by atoms with Crippen LogP contribution >= 0.6 is 0 Å². The molecule has 24 nitrogen and oxygen atoms in total. The highest BCUT2D eigenvalue weighted by atomic mass is 17.0. The smallest absolute Gasteiger partial charge is 0.387 e. The van der Waals surface area contributed by atoms with E-state index >= 15 is 0 Å². The zero-order chi connectivity index (χ0) is 23.8. The van der Waals surface area contributed by atoms with Crippen molar-refractivity contribution >= 4 is 0 Å². The molecule has 0 aliphatic heterocycles. The Bertz CT molecular complexity index is 765. The quantitative estimate of drug-likeness (QED) is 0.169. The number of hydrogen-bond donors (Lipinski definition) is 3. The first-order valence-electron chi connectivity index (χ1n) is 6.54. The van der Waals surface area contributed by atoms with Crippen molar-refractivity contribution < 1.29 is 59.9 Å². The summed E-state index contributed by atoms with van der Waals surface area (Å²) in [7, 11) is 0. The SMILES string of the molecule is O=[N+]([O-])O[C@@]1([N+](=O)[O-])[C@](O[N+](=O)[O-])([N+](=O)[O-])[C@H](O)[C@@H](O)[C@H](O)[C@]1(O[N+](=O)[O-])[N+](=O)[O-]. The molecule has 0 unspecified atom stereocenters. The predicted molar refractivity (Wildman–Crippen MR) is 71.4 cm³/mol. The minimum absolute atomic E-state index is 2.32. The molecule has 0 bridgehead atoms. The molecule has 0 amide bonds. The van der Waals surface area contributed by atoms with E-state index in [0.717, 1.165) is 0 Å². The summed E-state index contributed by atoms with van der Waals surface area (Å²) in [5.74, 6) is 0. The van der Waals surface area contributed by atoms with Crippen LogP contribution in [0.3, 0.4) is 0 Å². The normalized spacial score (nSPS) is 35.5. The van der Waals surface area contributed by atoms with Crippen LogP contribution in [-0.2, 0) is 14.5 Å². The molecule has 1 rings (SSSR count). The monoisotopic (exact) mass is 450 g/mol. The van der Waals surface area contributed by atoms with Crippen LogP contribution in [0.4, 0.5) is 0 Å². The molecule has 0 aromatic carbocycles. The number of nitro groups is 3. The maximum absolute atomic E-state index is 11.7. The van der Waals surface area contributed by atoms with E-state index in [-0.39, 0.29) is 0 Å². The molecule has 0 radical (unpaired) electrons. The Morgan fingerprint density at radius 2 is 0.867 bits per heavy atom. The van der Waals surface area contributed by atoms with Crippen LogP contribution in [0.1, 0.15) is 0 Å². The van der Waals surface area contributed by atoms with Gasteiger partial charge in [0, 0.05) is 0 Å². The fraction of sp³-hybridized carbons (Fsp3) is 1.00. The average Bonchev–Trinajstić information content (AvgIpc) is 2.58. The standard InChI is InChI=1S/C6H6N6O18/c13-1-2(14)4(7(16)17,28-10(22)23)6(9(20)21,30-12(26)27)5(3(1)15,8(18)19)29-11(24)25/h1-3,13-15H/t1-,2-,3+,4+,5-,6+. The van der Waals surface area contributed by atoms with Gasteiger partial charge in [0.1, 0.15) is 6.10 Å². The van der Waals surface area contributed by atoms with E-state index in [2.05, 4.69) is 14.5 Å². The van der Waals surface area contributed by atoms with E-state index in [9.17, 15) is 76.0 Å². The second kappa shape index (κ2) is 7.25. The van der Waals surface area contributed by atoms with Crippen LogP contribution in [0.25, 0.3) is 0 Å². The first-order chi connectivity index (χ1) is 13.6. The Balaban J connectivity index is 4.41. The van der Waals surface area contributed by atoms with Gasteiger partial charge >= 0.3 is 32.4 Å². The molecule has 0 aromatic heterocycles. The Morgan fingerprint density at radius 3 is 1.07 bits per heavy atom. The first-order valence-corrected chi connectivity index (χ1v) is 6.54. The lowest BCUT2D eigenvalue weighted by Crippen LogP contribution is -2.91. The fourth-order valence-corrected chi connectivity index (χ4v) is 2.82. The molecule has 0 aromatic rings. The maximum Gasteiger partial charge on any atom is 0.552 e. The lowest BCUT2D eigenvalue weighted by molar-refractivity contribution is -0.996. The van der Waals surface area contributed by atoms with Gasteiger partial charge in [-0.1, -0.05) is 0 Å². The van der Waals surface area contributed by atoms with Crippen molar-refractivity contribution in [2.24, 2.45) is 0 Å². The molecular weight excluding hydrogens is 444 g/mol. The molecule has 1 aliphatic rings. The zero-order valence-corrected chi connectivity index (χ0v) is 13.4. The van der Waals surface area contributed by atoms with Crippen molar-refractivity contribution in [3.05, 3.63) is 60.7 Å². The third-order valence-electron chi connectivity index (χ3n) is 3.85. The third kappa shape index (κ3) is 2.74. The van der Waals surface area contributed by atoms with Crippen LogP contribution in [0.15, 0.2) is 0 Å². The number of hydrogen-bond acceptors (Lipinski definition) is 18. The van der Waals surface area contributed by atoms with Gasteiger partial charge in [-0.3, -0.25) is 30.3 Å². The number of aliphatic hydroxyl groups excluding tert-OH is 3. The molecule has 168 valence electrons. The second-order valence-corrected chi connectivity index (χ2v) is 5.13. The van der Waals surface area contributed by atoms with Crippen molar-refractivity contribution in [2.75, 3.05) is 0 Å². The van der Waals surface area contributed by atoms with Crippen LogP contribution < -0.4 is 0 Å². The minimum atomic E-state index is -5.51. The molecule has 24 heteroatoms. The minimum Gasteiger partial charge on any atom is -0.387 e. The van der Waals surface area contributed by atoms with Crippen molar-refractivity contribution in [3.63, 3.8) is 0 Å². The van der Waals surface area contributed by atoms with E-state index in [1.54, 1.807) is 0 Å². The van der Waals surface area contributed by atoms with Gasteiger partial charge < -0.3 is 15.3 Å². The summed E-state index contributed by atoms with van der Waals surface area (Å²) in [6.45, 7) is 0. The summed E-state index contributed by atoms with van der Waals surface area (Å²) in [5.41, 5.74) is -15.9. The highest BCUT2D eigenvalue weighted by Gasteiger charge is 3.02. The second-order valence-electron chi connectivity index (χ2n) is 5.13. The van der Waals surface area contributed by atoms with Gasteiger partial charge in [0.25, 0.3) is 0 Å². The van der Waals surface area contributed by atoms with Gasteiger partial charge in [-0.05, 0) is 0 Å². The van der Waals surface area contributed by atoms with Crippen LogP contribution in [0.5, 0.6) is 0 Å². The average molecular weight is 450 g/mol. The van der Waals surface area contributed by atoms with Crippen molar-refractivity contribution in [2.45, 2.75) is 35.5 Å². The first kappa shape index (κ1) is 23.7. The van der Waals surface area contributed by atoms with Gasteiger partial charge in [-0.25, -0.2) is 14.5 Å². The summed E-state index contributed by atoms with van der Waals surface area (Å²) < 4.78 is 0. The van der Waals surface area contributed by atoms with Crippen molar-refractivity contribution in [3.8, 4) is 0 Å². The highest BCUT2D eigenvalue weighted by Crippen LogP contribution is 2.52.